The van der Waals surface area contributed by atoms with Crippen LogP contribution in [0.15, 0.2) is 29.5 Å². The summed E-state index contributed by atoms with van der Waals surface area (Å²) >= 11 is 1.81. The Morgan fingerprint density at radius 1 is 1.58 bits per heavy atom. The van der Waals surface area contributed by atoms with E-state index in [9.17, 15) is 0 Å². The zero-order valence-corrected chi connectivity index (χ0v) is 7.71. The number of hydrogen-bond acceptors (Lipinski definition) is 3. The molecule has 3 heteroatoms. The average molecular weight is 178 g/mol. The summed E-state index contributed by atoms with van der Waals surface area (Å²) < 4.78 is 0. The van der Waals surface area contributed by atoms with Gasteiger partial charge in [0.15, 0.2) is 0 Å². The highest BCUT2D eigenvalue weighted by Crippen LogP contribution is 2.22. The number of aromatic nitrogens is 1. The van der Waals surface area contributed by atoms with Crippen molar-refractivity contribution in [1.29, 1.82) is 0 Å². The number of rotatable bonds is 1. The Hall–Kier alpha value is -0.830. The Bertz CT molecular complexity index is 295. The van der Waals surface area contributed by atoms with Gasteiger partial charge in [-0.25, -0.2) is 0 Å². The van der Waals surface area contributed by atoms with E-state index in [0.29, 0.717) is 6.04 Å². The van der Waals surface area contributed by atoms with Crippen molar-refractivity contribution in [2.24, 2.45) is 4.99 Å². The van der Waals surface area contributed by atoms with Gasteiger partial charge in [-0.15, -0.1) is 11.8 Å². The fourth-order valence-electron chi connectivity index (χ4n) is 1.12. The van der Waals surface area contributed by atoms with Crippen molar-refractivity contribution in [3.63, 3.8) is 0 Å². The summed E-state index contributed by atoms with van der Waals surface area (Å²) in [5, 5.41) is 1.13. The number of thioether (sulfide) groups is 1. The molecule has 0 saturated carbocycles. The van der Waals surface area contributed by atoms with Crippen molar-refractivity contribution < 1.29 is 0 Å². The zero-order valence-electron chi connectivity index (χ0n) is 6.90. The van der Waals surface area contributed by atoms with E-state index < -0.39 is 0 Å². The maximum atomic E-state index is 4.50. The second kappa shape index (κ2) is 3.27. The molecular weight excluding hydrogens is 168 g/mol. The molecule has 0 amide bonds. The summed E-state index contributed by atoms with van der Waals surface area (Å²) in [5.74, 6) is 1.10. The van der Waals surface area contributed by atoms with Gasteiger partial charge in [0, 0.05) is 23.7 Å². The number of aliphatic imine (C=N–C) groups is 1. The summed E-state index contributed by atoms with van der Waals surface area (Å²) in [5.41, 5.74) is 1.15. The lowest BCUT2D eigenvalue weighted by molar-refractivity contribution is 0.865. The highest BCUT2D eigenvalue weighted by atomic mass is 32.2. The fourth-order valence-corrected chi connectivity index (χ4v) is 2.14. The molecule has 1 aliphatic rings. The van der Waals surface area contributed by atoms with Crippen LogP contribution >= 0.6 is 11.8 Å². The van der Waals surface area contributed by atoms with E-state index in [1.54, 1.807) is 6.20 Å². The molecule has 2 heterocycles. The highest BCUT2D eigenvalue weighted by Gasteiger charge is 2.14. The van der Waals surface area contributed by atoms with Crippen molar-refractivity contribution in [2.75, 3.05) is 5.75 Å². The lowest BCUT2D eigenvalue weighted by Gasteiger charge is -1.95. The largest absolute Gasteiger partial charge is 0.274 e. The first kappa shape index (κ1) is 7.80. The summed E-state index contributed by atoms with van der Waals surface area (Å²) in [6.45, 7) is 2.14. The minimum Gasteiger partial charge on any atom is -0.274 e. The number of hydrogen-bond donors (Lipinski definition) is 0. The van der Waals surface area contributed by atoms with Crippen molar-refractivity contribution in [1.82, 2.24) is 4.98 Å². The van der Waals surface area contributed by atoms with Gasteiger partial charge in [-0.1, -0.05) is 0 Å². The molecule has 1 aromatic rings. The number of nitrogens with zero attached hydrogens (tertiary/aromatic N) is 2. The molecule has 0 bridgehead atoms. The smallest absolute Gasteiger partial charge is 0.0996 e. The topological polar surface area (TPSA) is 25.2 Å². The Morgan fingerprint density at radius 2 is 2.50 bits per heavy atom. The first-order valence-corrected chi connectivity index (χ1v) is 4.96. The first-order valence-electron chi connectivity index (χ1n) is 3.97. The van der Waals surface area contributed by atoms with Gasteiger partial charge >= 0.3 is 0 Å². The molecule has 0 saturated heterocycles. The SMILES string of the molecule is CC1CSC(c2cccnc2)=N1. The molecule has 12 heavy (non-hydrogen) atoms. The Balaban J connectivity index is 2.27. The van der Waals surface area contributed by atoms with Crippen molar-refractivity contribution >= 4 is 16.8 Å². The van der Waals surface area contributed by atoms with E-state index in [4.69, 9.17) is 0 Å². The second-order valence-electron chi connectivity index (χ2n) is 2.84. The van der Waals surface area contributed by atoms with Crippen molar-refractivity contribution in [2.45, 2.75) is 13.0 Å². The molecule has 2 nitrogen and oxygen atoms in total. The molecule has 0 aromatic carbocycles. The molecular formula is C9H10N2S. The van der Waals surface area contributed by atoms with E-state index in [0.717, 1.165) is 16.4 Å². The summed E-state index contributed by atoms with van der Waals surface area (Å²) in [6, 6.07) is 4.46. The third-order valence-corrected chi connectivity index (χ3v) is 2.97. The predicted molar refractivity (Wildman–Crippen MR) is 52.7 cm³/mol. The van der Waals surface area contributed by atoms with E-state index in [1.165, 1.54) is 0 Å². The standard InChI is InChI=1S/C9H10N2S/c1-7-6-12-9(11-7)8-3-2-4-10-5-8/h2-5,7H,6H2,1H3. The predicted octanol–water partition coefficient (Wildman–Crippen LogP) is 1.96. The lowest BCUT2D eigenvalue weighted by atomic mass is 10.3. The quantitative estimate of drug-likeness (QED) is 0.657. The van der Waals surface area contributed by atoms with Crippen molar-refractivity contribution in [3.05, 3.63) is 30.1 Å². The molecule has 0 aliphatic carbocycles. The number of pyridine rings is 1. The average Bonchev–Trinajstić information content (AvgIpc) is 2.54. The molecule has 1 aromatic heterocycles. The molecule has 1 atom stereocenters. The van der Waals surface area contributed by atoms with Gasteiger partial charge in [-0.3, -0.25) is 9.98 Å². The highest BCUT2D eigenvalue weighted by molar-refractivity contribution is 8.14. The van der Waals surface area contributed by atoms with E-state index in [-0.39, 0.29) is 0 Å². The Morgan fingerprint density at radius 3 is 3.08 bits per heavy atom. The molecule has 0 radical (unpaired) electrons. The summed E-state index contributed by atoms with van der Waals surface area (Å²) in [4.78, 5) is 8.56. The van der Waals surface area contributed by atoms with Crippen molar-refractivity contribution in [3.8, 4) is 0 Å². The van der Waals surface area contributed by atoms with E-state index in [1.807, 2.05) is 24.0 Å². The third kappa shape index (κ3) is 1.50. The maximum absolute atomic E-state index is 4.50. The van der Waals surface area contributed by atoms with Crippen LogP contribution in [0.1, 0.15) is 12.5 Å². The molecule has 0 spiro atoms. The fraction of sp³-hybridized carbons (Fsp3) is 0.333. The summed E-state index contributed by atoms with van der Waals surface area (Å²) in [7, 11) is 0. The van der Waals surface area contributed by atoms with Gasteiger partial charge in [-0.2, -0.15) is 0 Å². The van der Waals surface area contributed by atoms with E-state index in [2.05, 4.69) is 23.0 Å². The van der Waals surface area contributed by atoms with Gasteiger partial charge < -0.3 is 0 Å². The Labute approximate surface area is 76.1 Å². The van der Waals surface area contributed by atoms with Crippen LogP contribution in [0, 0.1) is 0 Å². The van der Waals surface area contributed by atoms with Crippen LogP contribution in [0.3, 0.4) is 0 Å². The van der Waals surface area contributed by atoms with Gasteiger partial charge in [0.25, 0.3) is 0 Å². The van der Waals surface area contributed by atoms with Gasteiger partial charge in [0.05, 0.1) is 11.1 Å². The molecule has 0 N–H and O–H groups in total. The van der Waals surface area contributed by atoms with Crippen LogP contribution in [0.4, 0.5) is 0 Å². The molecule has 1 unspecified atom stereocenters. The lowest BCUT2D eigenvalue weighted by Crippen LogP contribution is -1.93. The zero-order chi connectivity index (χ0) is 8.39. The van der Waals surface area contributed by atoms with Crippen LogP contribution in [-0.4, -0.2) is 21.8 Å². The normalized spacial score (nSPS) is 22.4. The van der Waals surface area contributed by atoms with Crippen LogP contribution < -0.4 is 0 Å². The van der Waals surface area contributed by atoms with Crippen LogP contribution in [-0.2, 0) is 0 Å². The van der Waals surface area contributed by atoms with Crippen LogP contribution in [0.25, 0.3) is 0 Å². The monoisotopic (exact) mass is 178 g/mol. The van der Waals surface area contributed by atoms with Crippen LogP contribution in [0.5, 0.6) is 0 Å². The molecule has 62 valence electrons. The molecule has 0 fully saturated rings. The second-order valence-corrected chi connectivity index (χ2v) is 3.84. The Kier molecular flexibility index (Phi) is 2.13. The van der Waals surface area contributed by atoms with Gasteiger partial charge in [0.2, 0.25) is 0 Å². The van der Waals surface area contributed by atoms with Crippen LogP contribution in [0.2, 0.25) is 0 Å². The van der Waals surface area contributed by atoms with Gasteiger partial charge in [0.1, 0.15) is 0 Å². The maximum Gasteiger partial charge on any atom is 0.0996 e. The minimum absolute atomic E-state index is 0.463. The van der Waals surface area contributed by atoms with Gasteiger partial charge in [-0.05, 0) is 19.1 Å². The summed E-state index contributed by atoms with van der Waals surface area (Å²) in [6.07, 6.45) is 3.65. The first-order chi connectivity index (χ1) is 5.86. The molecule has 2 rings (SSSR count). The molecule has 1 aliphatic heterocycles. The van der Waals surface area contributed by atoms with E-state index >= 15 is 0 Å². The third-order valence-electron chi connectivity index (χ3n) is 1.71. The minimum atomic E-state index is 0.463.